The van der Waals surface area contributed by atoms with Gasteiger partial charge < -0.3 is 15.0 Å². The highest BCUT2D eigenvalue weighted by Gasteiger charge is 2.16. The van der Waals surface area contributed by atoms with E-state index >= 15 is 0 Å². The average molecular weight is 323 g/mol. The van der Waals surface area contributed by atoms with Crippen molar-refractivity contribution in [3.8, 4) is 0 Å². The molecule has 24 heavy (non-hydrogen) atoms. The molecule has 1 aromatic heterocycles. The molecular weight excluding hydrogens is 296 g/mol. The SMILES string of the molecule is Cc1c(C)n(C[C@@H](O)C[NH2+][C@H](C)c2ccccc2)c2ccccc12. The molecule has 3 aromatic rings. The molecule has 1 heterocycles. The van der Waals surface area contributed by atoms with Crippen molar-refractivity contribution in [1.29, 1.82) is 0 Å². The van der Waals surface area contributed by atoms with Gasteiger partial charge in [-0.1, -0.05) is 48.5 Å². The van der Waals surface area contributed by atoms with E-state index in [0.29, 0.717) is 19.1 Å². The van der Waals surface area contributed by atoms with Gasteiger partial charge in [-0.05, 0) is 32.4 Å². The molecule has 0 saturated heterocycles. The molecule has 0 saturated carbocycles. The first kappa shape index (κ1) is 16.7. The summed E-state index contributed by atoms with van der Waals surface area (Å²) < 4.78 is 2.25. The average Bonchev–Trinajstić information content (AvgIpc) is 2.86. The number of rotatable bonds is 6. The zero-order chi connectivity index (χ0) is 17.1. The Kier molecular flexibility index (Phi) is 5.03. The van der Waals surface area contributed by atoms with E-state index in [2.05, 4.69) is 79.2 Å². The summed E-state index contributed by atoms with van der Waals surface area (Å²) in [5.74, 6) is 0. The van der Waals surface area contributed by atoms with Crippen molar-refractivity contribution in [3.63, 3.8) is 0 Å². The van der Waals surface area contributed by atoms with E-state index in [4.69, 9.17) is 0 Å². The molecule has 0 amide bonds. The maximum atomic E-state index is 10.5. The Labute approximate surface area is 143 Å². The van der Waals surface area contributed by atoms with Crippen molar-refractivity contribution in [2.75, 3.05) is 6.54 Å². The molecule has 0 aliphatic carbocycles. The third-order valence-electron chi connectivity index (χ3n) is 5.03. The topological polar surface area (TPSA) is 41.8 Å². The molecule has 2 atom stereocenters. The maximum absolute atomic E-state index is 10.5. The molecule has 126 valence electrons. The molecular formula is C21H27N2O+. The molecule has 0 spiro atoms. The largest absolute Gasteiger partial charge is 0.385 e. The lowest BCUT2D eigenvalue weighted by Gasteiger charge is -2.17. The van der Waals surface area contributed by atoms with Crippen molar-refractivity contribution in [1.82, 2.24) is 4.57 Å². The van der Waals surface area contributed by atoms with Crippen LogP contribution >= 0.6 is 0 Å². The number of aryl methyl sites for hydroxylation is 1. The normalized spacial score (nSPS) is 14.0. The monoisotopic (exact) mass is 323 g/mol. The summed E-state index contributed by atoms with van der Waals surface area (Å²) in [7, 11) is 0. The van der Waals surface area contributed by atoms with Crippen LogP contribution in [0.3, 0.4) is 0 Å². The van der Waals surface area contributed by atoms with Crippen LogP contribution in [0.15, 0.2) is 54.6 Å². The fourth-order valence-electron chi connectivity index (χ4n) is 3.38. The summed E-state index contributed by atoms with van der Waals surface area (Å²) in [6.07, 6.45) is -0.370. The van der Waals surface area contributed by atoms with Crippen LogP contribution in [0.25, 0.3) is 10.9 Å². The minimum atomic E-state index is -0.370. The van der Waals surface area contributed by atoms with Crippen LogP contribution in [0, 0.1) is 13.8 Å². The quantitative estimate of drug-likeness (QED) is 0.719. The van der Waals surface area contributed by atoms with Crippen LogP contribution < -0.4 is 5.32 Å². The van der Waals surface area contributed by atoms with E-state index in [1.165, 1.54) is 27.7 Å². The van der Waals surface area contributed by atoms with Gasteiger partial charge in [-0.15, -0.1) is 0 Å². The molecule has 3 heteroatoms. The highest BCUT2D eigenvalue weighted by Crippen LogP contribution is 2.25. The Morgan fingerprint density at radius 1 is 1.00 bits per heavy atom. The van der Waals surface area contributed by atoms with E-state index in [1.807, 2.05) is 6.07 Å². The van der Waals surface area contributed by atoms with Gasteiger partial charge in [-0.2, -0.15) is 0 Å². The van der Waals surface area contributed by atoms with Gasteiger partial charge in [0.05, 0.1) is 6.54 Å². The van der Waals surface area contributed by atoms with Crippen LogP contribution in [0.4, 0.5) is 0 Å². The molecule has 3 nitrogen and oxygen atoms in total. The van der Waals surface area contributed by atoms with E-state index in [9.17, 15) is 5.11 Å². The zero-order valence-corrected chi connectivity index (χ0v) is 14.7. The van der Waals surface area contributed by atoms with Gasteiger partial charge >= 0.3 is 0 Å². The molecule has 0 unspecified atom stereocenters. The fourth-order valence-corrected chi connectivity index (χ4v) is 3.38. The number of fused-ring (bicyclic) bond motifs is 1. The molecule has 3 N–H and O–H groups in total. The first-order chi connectivity index (χ1) is 11.6. The third-order valence-corrected chi connectivity index (χ3v) is 5.03. The van der Waals surface area contributed by atoms with Crippen molar-refractivity contribution in [3.05, 3.63) is 71.4 Å². The molecule has 0 aliphatic heterocycles. The van der Waals surface area contributed by atoms with Gasteiger partial charge in [-0.3, -0.25) is 0 Å². The number of aromatic nitrogens is 1. The van der Waals surface area contributed by atoms with Crippen LogP contribution in [0.2, 0.25) is 0 Å². The van der Waals surface area contributed by atoms with Gasteiger partial charge in [0.25, 0.3) is 0 Å². The second-order valence-corrected chi connectivity index (χ2v) is 6.66. The van der Waals surface area contributed by atoms with E-state index in [-0.39, 0.29) is 6.10 Å². The van der Waals surface area contributed by atoms with Crippen molar-refractivity contribution >= 4 is 10.9 Å². The number of aliphatic hydroxyl groups excluding tert-OH is 1. The van der Waals surface area contributed by atoms with Crippen LogP contribution in [0.5, 0.6) is 0 Å². The lowest BCUT2D eigenvalue weighted by Crippen LogP contribution is -2.86. The van der Waals surface area contributed by atoms with Crippen LogP contribution in [-0.2, 0) is 6.54 Å². The Morgan fingerprint density at radius 3 is 2.42 bits per heavy atom. The van der Waals surface area contributed by atoms with Gasteiger partial charge in [0.2, 0.25) is 0 Å². The van der Waals surface area contributed by atoms with Crippen LogP contribution in [0.1, 0.15) is 29.8 Å². The maximum Gasteiger partial charge on any atom is 0.121 e. The molecule has 0 radical (unpaired) electrons. The number of benzene rings is 2. The predicted octanol–water partition coefficient (Wildman–Crippen LogP) is 2.94. The first-order valence-corrected chi connectivity index (χ1v) is 8.68. The number of nitrogens with two attached hydrogens (primary N) is 1. The lowest BCUT2D eigenvalue weighted by molar-refractivity contribution is -0.698. The number of quaternary nitrogens is 1. The Morgan fingerprint density at radius 2 is 1.67 bits per heavy atom. The molecule has 0 fully saturated rings. The highest BCUT2D eigenvalue weighted by molar-refractivity contribution is 5.85. The highest BCUT2D eigenvalue weighted by atomic mass is 16.3. The van der Waals surface area contributed by atoms with Gasteiger partial charge in [0.15, 0.2) is 0 Å². The molecule has 0 aliphatic rings. The first-order valence-electron chi connectivity index (χ1n) is 8.68. The van der Waals surface area contributed by atoms with Crippen molar-refractivity contribution in [2.24, 2.45) is 0 Å². The molecule has 2 aromatic carbocycles. The minimum absolute atomic E-state index is 0.352. The number of hydrogen-bond donors (Lipinski definition) is 2. The third kappa shape index (κ3) is 3.37. The van der Waals surface area contributed by atoms with Crippen molar-refractivity contribution < 1.29 is 10.4 Å². The number of para-hydroxylation sites is 1. The summed E-state index contributed by atoms with van der Waals surface area (Å²) in [4.78, 5) is 0. The Hall–Kier alpha value is -2.10. The van der Waals surface area contributed by atoms with Gasteiger partial charge in [0.1, 0.15) is 18.7 Å². The second-order valence-electron chi connectivity index (χ2n) is 6.66. The molecule has 3 rings (SSSR count). The summed E-state index contributed by atoms with van der Waals surface area (Å²) in [5.41, 5.74) is 5.05. The fraction of sp³-hybridized carbons (Fsp3) is 0.333. The zero-order valence-electron chi connectivity index (χ0n) is 14.7. The Bertz CT molecular complexity index is 807. The van der Waals surface area contributed by atoms with E-state index < -0.39 is 0 Å². The number of nitrogens with zero attached hydrogens (tertiary/aromatic N) is 1. The van der Waals surface area contributed by atoms with Crippen molar-refractivity contribution in [2.45, 2.75) is 39.5 Å². The summed E-state index contributed by atoms with van der Waals surface area (Å²) in [6, 6.07) is 19.2. The predicted molar refractivity (Wildman–Crippen MR) is 99.1 cm³/mol. The number of aliphatic hydroxyl groups is 1. The summed E-state index contributed by atoms with van der Waals surface area (Å²) in [6.45, 7) is 7.81. The second kappa shape index (κ2) is 7.20. The van der Waals surface area contributed by atoms with E-state index in [0.717, 1.165) is 0 Å². The number of hydrogen-bond acceptors (Lipinski definition) is 1. The summed E-state index contributed by atoms with van der Waals surface area (Å²) >= 11 is 0. The molecule has 0 bridgehead atoms. The standard InChI is InChI=1S/C21H26N2O/c1-15-17(3)23(21-12-8-7-11-20(15)21)14-19(24)13-22-16(2)18-9-5-4-6-10-18/h4-12,16,19,22,24H,13-14H2,1-3H3/p+1/t16-,19+/m1/s1. The van der Waals surface area contributed by atoms with E-state index in [1.54, 1.807) is 0 Å². The Balaban J connectivity index is 1.67. The lowest BCUT2D eigenvalue weighted by atomic mass is 10.1. The van der Waals surface area contributed by atoms with Gasteiger partial charge in [0, 0.05) is 22.2 Å². The smallest absolute Gasteiger partial charge is 0.121 e. The minimum Gasteiger partial charge on any atom is -0.385 e. The van der Waals surface area contributed by atoms with Gasteiger partial charge in [-0.25, -0.2) is 0 Å². The van der Waals surface area contributed by atoms with Crippen LogP contribution in [-0.4, -0.2) is 22.3 Å². The summed E-state index contributed by atoms with van der Waals surface area (Å²) in [5, 5.41) is 14.0.